The summed E-state index contributed by atoms with van der Waals surface area (Å²) in [6, 6.07) is 0. The van der Waals surface area contributed by atoms with E-state index in [0.29, 0.717) is 32.1 Å². The monoisotopic (exact) mass is 828 g/mol. The first kappa shape index (κ1) is 44.7. The summed E-state index contributed by atoms with van der Waals surface area (Å²) in [5, 5.41) is 119. The molecule has 0 bridgehead atoms. The minimum absolute atomic E-state index is 0.0264. The van der Waals surface area contributed by atoms with Gasteiger partial charge >= 0.3 is 5.97 Å². The maximum Gasteiger partial charge on any atom is 0.313 e. The van der Waals surface area contributed by atoms with Crippen LogP contribution < -0.4 is 0 Å². The van der Waals surface area contributed by atoms with Crippen LogP contribution in [0.5, 0.6) is 0 Å². The summed E-state index contributed by atoms with van der Waals surface area (Å²) in [4.78, 5) is 13.8. The lowest BCUT2D eigenvalue weighted by Crippen LogP contribution is -2.71. The Morgan fingerprint density at radius 3 is 1.81 bits per heavy atom. The lowest BCUT2D eigenvalue weighted by atomic mass is 9.33. The Morgan fingerprint density at radius 1 is 0.724 bits per heavy atom. The topological polar surface area (TPSA) is 277 Å². The molecule has 7 aliphatic rings. The van der Waals surface area contributed by atoms with Crippen molar-refractivity contribution in [2.24, 2.45) is 50.2 Å². The number of rotatable bonds is 7. The third-order valence-corrected chi connectivity index (χ3v) is 17.4. The van der Waals surface area contributed by atoms with Crippen LogP contribution in [0.3, 0.4) is 0 Å². The zero-order valence-corrected chi connectivity index (χ0v) is 34.7. The highest BCUT2D eigenvalue weighted by molar-refractivity contribution is 5.78. The van der Waals surface area contributed by atoms with Crippen LogP contribution >= 0.6 is 0 Å². The average Bonchev–Trinajstić information content (AvgIpc) is 3.14. The third kappa shape index (κ3) is 6.25. The number of aliphatic hydroxyl groups excluding tert-OH is 10. The molecule has 2 heterocycles. The Bertz CT molecular complexity index is 1590. The van der Waals surface area contributed by atoms with Crippen molar-refractivity contribution in [2.75, 3.05) is 13.2 Å². The first-order chi connectivity index (χ1) is 26.9. The SMILES string of the molecule is CC1(C)C[C@H]2C3=CC[C@@H]4[C@@]5(C)C[C@H](O)[C@H](O[C@@H]6O[C@H](CO)[C@@H](O)[C@H](O)[C@H]6O)C(C)(C)[C@@H]5CC[C@@]4(C)[C@]3(C)C[C@H](O[C@@H]3O[C@H](CO)[C@@H](O)[C@H](O)[C@H]3O)[C@@]2(C(=O)O)C[C@@H]1O. The van der Waals surface area contributed by atoms with Crippen molar-refractivity contribution in [3.05, 3.63) is 11.6 Å². The summed E-state index contributed by atoms with van der Waals surface area (Å²) in [6.45, 7) is 13.2. The molecule has 7 rings (SSSR count). The molecule has 16 nitrogen and oxygen atoms in total. The molecular formula is C42H68O16. The van der Waals surface area contributed by atoms with Gasteiger partial charge in [0.25, 0.3) is 0 Å². The summed E-state index contributed by atoms with van der Waals surface area (Å²) < 4.78 is 24.4. The van der Waals surface area contributed by atoms with Crippen molar-refractivity contribution in [1.29, 1.82) is 0 Å². The van der Waals surface area contributed by atoms with Gasteiger partial charge in [0.15, 0.2) is 12.6 Å². The number of carboxylic acids is 1. The Hall–Kier alpha value is -1.35. The van der Waals surface area contributed by atoms with Crippen molar-refractivity contribution in [3.63, 3.8) is 0 Å². The third-order valence-electron chi connectivity index (χ3n) is 17.4. The molecule has 0 aromatic heterocycles. The summed E-state index contributed by atoms with van der Waals surface area (Å²) >= 11 is 0. The van der Waals surface area contributed by atoms with Crippen molar-refractivity contribution < 1.29 is 79.9 Å². The Labute approximate surface area is 339 Å². The van der Waals surface area contributed by atoms with E-state index in [4.69, 9.17) is 18.9 Å². The van der Waals surface area contributed by atoms with Crippen LogP contribution in [0.1, 0.15) is 93.4 Å². The molecule has 16 heteroatoms. The number of carbonyl (C=O) groups is 1. The van der Waals surface area contributed by atoms with Crippen LogP contribution in [0.2, 0.25) is 0 Å². The number of aliphatic hydroxyl groups is 10. The van der Waals surface area contributed by atoms with Gasteiger partial charge in [-0.2, -0.15) is 0 Å². The number of allylic oxidation sites excluding steroid dienone is 2. The van der Waals surface area contributed by atoms with Gasteiger partial charge in [0.2, 0.25) is 0 Å². The molecular weight excluding hydrogens is 760 g/mol. The van der Waals surface area contributed by atoms with Crippen molar-refractivity contribution in [1.82, 2.24) is 0 Å². The highest BCUT2D eigenvalue weighted by Crippen LogP contribution is 2.76. The van der Waals surface area contributed by atoms with E-state index in [1.54, 1.807) is 0 Å². The lowest BCUT2D eigenvalue weighted by Gasteiger charge is -2.72. The minimum atomic E-state index is -1.76. The van der Waals surface area contributed by atoms with Gasteiger partial charge in [-0.1, -0.05) is 60.1 Å². The van der Waals surface area contributed by atoms with E-state index in [2.05, 4.69) is 26.8 Å². The van der Waals surface area contributed by atoms with Gasteiger partial charge in [-0.25, -0.2) is 0 Å². The molecule has 58 heavy (non-hydrogen) atoms. The van der Waals surface area contributed by atoms with Gasteiger partial charge in [-0.05, 0) is 89.8 Å². The van der Waals surface area contributed by atoms with Gasteiger partial charge in [-0.15, -0.1) is 0 Å². The number of hydrogen-bond acceptors (Lipinski definition) is 15. The molecule has 0 amide bonds. The molecule has 2 saturated heterocycles. The molecule has 332 valence electrons. The van der Waals surface area contributed by atoms with Crippen molar-refractivity contribution >= 4 is 5.97 Å². The van der Waals surface area contributed by atoms with Crippen LogP contribution in [-0.2, 0) is 23.7 Å². The zero-order valence-electron chi connectivity index (χ0n) is 34.7. The van der Waals surface area contributed by atoms with Crippen LogP contribution in [0, 0.1) is 50.2 Å². The predicted octanol–water partition coefficient (Wildman–Crippen LogP) is -0.206. The first-order valence-electron chi connectivity index (χ1n) is 21.1. The van der Waals surface area contributed by atoms with Crippen LogP contribution in [0.25, 0.3) is 0 Å². The molecule has 6 fully saturated rings. The zero-order chi connectivity index (χ0) is 42.9. The maximum atomic E-state index is 13.8. The van der Waals surface area contributed by atoms with Gasteiger partial charge in [-0.3, -0.25) is 4.79 Å². The van der Waals surface area contributed by atoms with Gasteiger partial charge in [0, 0.05) is 0 Å². The van der Waals surface area contributed by atoms with Crippen LogP contribution in [-0.4, -0.2) is 161 Å². The number of aliphatic carboxylic acids is 1. The highest BCUT2D eigenvalue weighted by Gasteiger charge is 2.73. The van der Waals surface area contributed by atoms with Gasteiger partial charge < -0.3 is 75.1 Å². The standard InChI is InChI=1S/C42H68O16/c1-37(2)12-19-18-8-9-24-39(5)13-20(45)33(58-35-32(52)30(50)28(48)22(17-44)56-35)38(3,4)23(39)10-11-40(24,6)41(18,7)15-26(42(19,36(53)54)14-25(37)46)57-34-31(51)29(49)27(47)21(16-43)55-34/h8,19-35,43-52H,9-17H2,1-7H3,(H,53,54)/t19-,20-,21+,22+,23-,24+,25-,26-,27+,28+,29-,30-,31+,32+,33-,34-,35-,39-,40+,41+,42+/m0/s1. The Kier molecular flexibility index (Phi) is 11.5. The smallest absolute Gasteiger partial charge is 0.313 e. The van der Waals surface area contributed by atoms with Gasteiger partial charge in [0.05, 0.1) is 37.6 Å². The van der Waals surface area contributed by atoms with Crippen LogP contribution in [0.4, 0.5) is 0 Å². The van der Waals surface area contributed by atoms with Gasteiger partial charge in [0.1, 0.15) is 54.2 Å². The van der Waals surface area contributed by atoms with E-state index in [1.165, 1.54) is 0 Å². The fourth-order valence-corrected chi connectivity index (χ4v) is 13.9. The van der Waals surface area contributed by atoms with Crippen molar-refractivity contribution in [3.8, 4) is 0 Å². The van der Waals surface area contributed by atoms with Crippen molar-refractivity contribution in [2.45, 2.75) is 179 Å². The van der Waals surface area contributed by atoms with E-state index in [9.17, 15) is 61.0 Å². The second-order valence-corrected chi connectivity index (χ2v) is 21.0. The minimum Gasteiger partial charge on any atom is -0.481 e. The van der Waals surface area contributed by atoms with E-state index in [0.717, 1.165) is 5.57 Å². The normalized spacial score (nSPS) is 54.9. The quantitative estimate of drug-likeness (QED) is 0.117. The van der Waals surface area contributed by atoms with E-state index < -0.39 is 143 Å². The average molecular weight is 829 g/mol. The van der Waals surface area contributed by atoms with E-state index in [1.807, 2.05) is 27.7 Å². The summed E-state index contributed by atoms with van der Waals surface area (Å²) in [6.07, 6.45) is -14.6. The summed E-state index contributed by atoms with van der Waals surface area (Å²) in [7, 11) is 0. The Morgan fingerprint density at radius 2 is 1.28 bits per heavy atom. The molecule has 0 aromatic rings. The molecule has 4 saturated carbocycles. The fraction of sp³-hybridized carbons (Fsp3) is 0.929. The molecule has 0 unspecified atom stereocenters. The largest absolute Gasteiger partial charge is 0.481 e. The number of carboxylic acid groups (broad SMARTS) is 1. The molecule has 0 aromatic carbocycles. The second-order valence-electron chi connectivity index (χ2n) is 21.0. The summed E-state index contributed by atoms with van der Waals surface area (Å²) in [5.74, 6) is -1.82. The Balaban J connectivity index is 1.26. The molecule has 5 aliphatic carbocycles. The van der Waals surface area contributed by atoms with E-state index in [-0.39, 0.29) is 24.7 Å². The number of hydrogen-bond donors (Lipinski definition) is 11. The second kappa shape index (κ2) is 14.9. The predicted molar refractivity (Wildman–Crippen MR) is 202 cm³/mol. The lowest BCUT2D eigenvalue weighted by molar-refractivity contribution is -0.343. The number of fused-ring (bicyclic) bond motifs is 7. The van der Waals surface area contributed by atoms with Crippen LogP contribution in [0.15, 0.2) is 11.6 Å². The summed E-state index contributed by atoms with van der Waals surface area (Å²) in [5.41, 5.74) is -3.72. The molecule has 0 spiro atoms. The number of ether oxygens (including phenoxy) is 4. The molecule has 21 atom stereocenters. The molecule has 11 N–H and O–H groups in total. The molecule has 0 radical (unpaired) electrons. The van der Waals surface area contributed by atoms with E-state index >= 15 is 0 Å². The fourth-order valence-electron chi connectivity index (χ4n) is 13.9. The maximum absolute atomic E-state index is 13.8. The molecule has 2 aliphatic heterocycles. The first-order valence-corrected chi connectivity index (χ1v) is 21.1. The highest BCUT2D eigenvalue weighted by atomic mass is 16.7.